The number of ether oxygens (including phenoxy) is 1. The van der Waals surface area contributed by atoms with Crippen molar-refractivity contribution < 1.29 is 44.3 Å². The van der Waals surface area contributed by atoms with Crippen LogP contribution < -0.4 is 4.90 Å². The average molecular weight is 482 g/mol. The molecule has 1 aliphatic heterocycles. The number of pyridine rings is 1. The van der Waals surface area contributed by atoms with E-state index < -0.39 is 55.2 Å². The third-order valence-electron chi connectivity index (χ3n) is 5.10. The molecule has 0 radical (unpaired) electrons. The molecule has 1 fully saturated rings. The maximum atomic E-state index is 13.1. The highest BCUT2D eigenvalue weighted by molar-refractivity contribution is 7.92. The first-order chi connectivity index (χ1) is 14.5. The summed E-state index contributed by atoms with van der Waals surface area (Å²) in [5.74, 6) is -0.197. The second kappa shape index (κ2) is 7.64. The molecule has 3 rings (SSSR count). The summed E-state index contributed by atoms with van der Waals surface area (Å²) in [6, 6.07) is 4.79. The first-order valence-corrected chi connectivity index (χ1v) is 10.5. The van der Waals surface area contributed by atoms with Crippen LogP contribution in [0.5, 0.6) is 0 Å². The van der Waals surface area contributed by atoms with E-state index in [1.165, 1.54) is 13.8 Å². The third-order valence-corrected chi connectivity index (χ3v) is 7.63. The van der Waals surface area contributed by atoms with Crippen LogP contribution in [0.25, 0.3) is 0 Å². The normalized spacial score (nSPS) is 18.1. The van der Waals surface area contributed by atoms with Crippen LogP contribution in [0.2, 0.25) is 0 Å². The smallest absolute Gasteiger partial charge is 0.417 e. The topological polar surface area (TPSA) is 76.6 Å². The Labute approximate surface area is 178 Å². The lowest BCUT2D eigenvalue weighted by molar-refractivity contribution is -0.138. The van der Waals surface area contributed by atoms with E-state index in [1.54, 1.807) is 0 Å². The lowest BCUT2D eigenvalue weighted by Crippen LogP contribution is -2.46. The van der Waals surface area contributed by atoms with Gasteiger partial charge in [-0.1, -0.05) is 6.07 Å². The maximum Gasteiger partial charge on any atom is 0.417 e. The van der Waals surface area contributed by atoms with Crippen molar-refractivity contribution in [3.8, 4) is 0 Å². The van der Waals surface area contributed by atoms with Crippen molar-refractivity contribution in [2.24, 2.45) is 0 Å². The zero-order chi connectivity index (χ0) is 24.1. The highest BCUT2D eigenvalue weighted by Gasteiger charge is 2.50. The molecule has 13 heteroatoms. The molecule has 174 valence electrons. The Morgan fingerprint density at radius 2 is 1.62 bits per heavy atom. The number of carbonyl (C=O) groups is 1. The number of hydrogen-bond donors (Lipinski definition) is 0. The van der Waals surface area contributed by atoms with Crippen LogP contribution in [0.1, 0.15) is 25.0 Å². The Balaban J connectivity index is 1.89. The average Bonchev–Trinajstić information content (AvgIpc) is 3.09. The predicted octanol–water partition coefficient (Wildman–Crippen LogP) is 4.70. The van der Waals surface area contributed by atoms with Gasteiger partial charge in [0.15, 0.2) is 9.84 Å². The van der Waals surface area contributed by atoms with Crippen LogP contribution in [0.4, 0.5) is 37.0 Å². The Kier molecular flexibility index (Phi) is 5.69. The number of carbonyl (C=O) groups excluding carboxylic acids is 1. The number of amides is 1. The van der Waals surface area contributed by atoms with E-state index in [0.717, 1.165) is 29.2 Å². The van der Waals surface area contributed by atoms with Gasteiger partial charge in [0.2, 0.25) is 0 Å². The Morgan fingerprint density at radius 3 is 2.16 bits per heavy atom. The van der Waals surface area contributed by atoms with Crippen molar-refractivity contribution in [2.45, 2.75) is 41.9 Å². The highest BCUT2D eigenvalue weighted by Crippen LogP contribution is 2.37. The van der Waals surface area contributed by atoms with E-state index in [9.17, 15) is 39.6 Å². The van der Waals surface area contributed by atoms with Gasteiger partial charge in [0, 0.05) is 6.20 Å². The number of nitrogens with zero attached hydrogens (tertiary/aromatic N) is 2. The fourth-order valence-corrected chi connectivity index (χ4v) is 4.66. The molecule has 1 aromatic heterocycles. The van der Waals surface area contributed by atoms with E-state index in [1.807, 2.05) is 0 Å². The minimum absolute atomic E-state index is 0.197. The number of hydrogen-bond acceptors (Lipinski definition) is 5. The zero-order valence-electron chi connectivity index (χ0n) is 16.5. The van der Waals surface area contributed by atoms with Gasteiger partial charge in [-0.25, -0.2) is 18.2 Å². The molecule has 2 heterocycles. The van der Waals surface area contributed by atoms with E-state index in [-0.39, 0.29) is 12.4 Å². The summed E-state index contributed by atoms with van der Waals surface area (Å²) in [4.78, 5) is 16.1. The van der Waals surface area contributed by atoms with Gasteiger partial charge >= 0.3 is 18.4 Å². The highest BCUT2D eigenvalue weighted by atomic mass is 32.2. The molecule has 1 aliphatic rings. The number of sulfone groups is 1. The second-order valence-electron chi connectivity index (χ2n) is 7.52. The number of anilines is 1. The summed E-state index contributed by atoms with van der Waals surface area (Å²) >= 11 is 0. The largest absolute Gasteiger partial charge is 0.442 e. The Bertz CT molecular complexity index is 1130. The van der Waals surface area contributed by atoms with Crippen molar-refractivity contribution >= 4 is 21.7 Å². The minimum atomic E-state index is -4.76. The first kappa shape index (κ1) is 23.8. The molecular formula is C19H16F6N2O4S. The van der Waals surface area contributed by atoms with E-state index >= 15 is 0 Å². The molecule has 0 bridgehead atoms. The van der Waals surface area contributed by atoms with Gasteiger partial charge < -0.3 is 4.74 Å². The SMILES string of the molecule is CC(C)([C@H]1CN(c2ccc(C(F)(F)F)cn2)C(=O)O1)S(=O)(=O)c1cccc(C(F)(F)F)c1. The molecule has 0 aliphatic carbocycles. The fourth-order valence-electron chi connectivity index (χ4n) is 3.04. The summed E-state index contributed by atoms with van der Waals surface area (Å²) in [7, 11) is -4.43. The van der Waals surface area contributed by atoms with E-state index in [0.29, 0.717) is 18.3 Å². The monoisotopic (exact) mass is 482 g/mol. The molecule has 0 N–H and O–H groups in total. The second-order valence-corrected chi connectivity index (χ2v) is 10.0. The number of rotatable bonds is 4. The number of aromatic nitrogens is 1. The fraction of sp³-hybridized carbons (Fsp3) is 0.368. The van der Waals surface area contributed by atoms with Crippen molar-refractivity contribution in [1.82, 2.24) is 4.98 Å². The molecule has 6 nitrogen and oxygen atoms in total. The van der Waals surface area contributed by atoms with Crippen molar-refractivity contribution in [2.75, 3.05) is 11.4 Å². The molecule has 1 atom stereocenters. The van der Waals surface area contributed by atoms with Gasteiger partial charge in [0.05, 0.1) is 22.6 Å². The standard InChI is InChI=1S/C19H16F6N2O4S/c1-17(2,32(29,30)13-5-3-4-11(8-13)18(20,21)22)14-10-27(16(28)31-14)15-7-6-12(9-26-15)19(23,24)25/h3-9,14H,10H2,1-2H3/t14-/m1/s1. The Morgan fingerprint density at radius 1 is 1.00 bits per heavy atom. The van der Waals surface area contributed by atoms with Gasteiger partial charge in [-0.3, -0.25) is 4.90 Å². The van der Waals surface area contributed by atoms with Gasteiger partial charge in [0.1, 0.15) is 16.7 Å². The molecule has 1 aromatic carbocycles. The summed E-state index contributed by atoms with van der Waals surface area (Å²) in [5, 5.41) is 0. The first-order valence-electron chi connectivity index (χ1n) is 8.98. The summed E-state index contributed by atoms with van der Waals surface area (Å²) < 4.78 is 107. The predicted molar refractivity (Wildman–Crippen MR) is 99.6 cm³/mol. The van der Waals surface area contributed by atoms with Crippen LogP contribution in [-0.2, 0) is 26.9 Å². The maximum absolute atomic E-state index is 13.1. The molecule has 0 saturated carbocycles. The lowest BCUT2D eigenvalue weighted by Gasteiger charge is -2.29. The van der Waals surface area contributed by atoms with Crippen molar-refractivity contribution in [3.63, 3.8) is 0 Å². The summed E-state index contributed by atoms with van der Waals surface area (Å²) in [6.45, 7) is 1.98. The van der Waals surface area contributed by atoms with E-state index in [4.69, 9.17) is 4.74 Å². The number of halogens is 6. The van der Waals surface area contributed by atoms with Crippen LogP contribution in [0.15, 0.2) is 47.5 Å². The molecule has 1 amide bonds. The van der Waals surface area contributed by atoms with E-state index in [2.05, 4.69) is 4.98 Å². The lowest BCUT2D eigenvalue weighted by atomic mass is 10.1. The zero-order valence-corrected chi connectivity index (χ0v) is 17.3. The third kappa shape index (κ3) is 4.25. The van der Waals surface area contributed by atoms with Gasteiger partial charge in [-0.15, -0.1) is 0 Å². The van der Waals surface area contributed by atoms with Crippen LogP contribution >= 0.6 is 0 Å². The number of cyclic esters (lactones) is 1. The molecule has 1 saturated heterocycles. The van der Waals surface area contributed by atoms with Crippen LogP contribution in [0, 0.1) is 0 Å². The number of alkyl halides is 6. The molecule has 0 unspecified atom stereocenters. The van der Waals surface area contributed by atoms with Gasteiger partial charge in [-0.05, 0) is 44.2 Å². The summed E-state index contributed by atoms with van der Waals surface area (Å²) in [5.41, 5.74) is -2.20. The van der Waals surface area contributed by atoms with Gasteiger partial charge in [0.25, 0.3) is 0 Å². The number of benzene rings is 1. The van der Waals surface area contributed by atoms with Crippen molar-refractivity contribution in [1.29, 1.82) is 0 Å². The van der Waals surface area contributed by atoms with Crippen LogP contribution in [0.3, 0.4) is 0 Å². The quantitative estimate of drug-likeness (QED) is 0.591. The Hall–Kier alpha value is -2.83. The van der Waals surface area contributed by atoms with Crippen molar-refractivity contribution in [3.05, 3.63) is 53.7 Å². The summed E-state index contributed by atoms with van der Waals surface area (Å²) in [6.07, 6.45) is -11.3. The molecular weight excluding hydrogens is 466 g/mol. The van der Waals surface area contributed by atoms with Gasteiger partial charge in [-0.2, -0.15) is 26.3 Å². The molecule has 2 aromatic rings. The molecule has 32 heavy (non-hydrogen) atoms. The van der Waals surface area contributed by atoms with Crippen LogP contribution in [-0.4, -0.2) is 36.9 Å². The minimum Gasteiger partial charge on any atom is -0.442 e. The molecule has 0 spiro atoms.